The molecule has 0 saturated carbocycles. The first-order valence-electron chi connectivity index (χ1n) is 9.09. The normalized spacial score (nSPS) is 17.1. The van der Waals surface area contributed by atoms with Gasteiger partial charge in [0.25, 0.3) is 0 Å². The van der Waals surface area contributed by atoms with Gasteiger partial charge in [-0.3, -0.25) is 4.90 Å². The van der Waals surface area contributed by atoms with Crippen LogP contribution in [0.4, 0.5) is 0 Å². The van der Waals surface area contributed by atoms with Crippen LogP contribution >= 0.6 is 0 Å². The molecular weight excluding hydrogens is 344 g/mol. The molecule has 8 nitrogen and oxygen atoms in total. The molecule has 1 unspecified atom stereocenters. The number of rotatable bonds is 6. The van der Waals surface area contributed by atoms with E-state index in [1.54, 1.807) is 13.4 Å². The lowest BCUT2D eigenvalue weighted by Gasteiger charge is -2.37. The molecule has 1 fully saturated rings. The first kappa shape index (κ1) is 17.7. The predicted molar refractivity (Wildman–Crippen MR) is 99.5 cm³/mol. The molecule has 0 bridgehead atoms. The third kappa shape index (κ3) is 3.86. The van der Waals surface area contributed by atoms with Gasteiger partial charge in [-0.05, 0) is 47.3 Å². The van der Waals surface area contributed by atoms with E-state index < -0.39 is 0 Å². The Hall–Kier alpha value is -2.71. The lowest BCUT2D eigenvalue weighted by atomic mass is 10.0. The molecule has 3 heterocycles. The van der Waals surface area contributed by atoms with E-state index in [1.165, 1.54) is 0 Å². The van der Waals surface area contributed by atoms with E-state index in [-0.39, 0.29) is 6.04 Å². The van der Waals surface area contributed by atoms with Crippen LogP contribution in [-0.4, -0.2) is 70.3 Å². The standard InChI is InChI=1S/C19H24N6O2/c1-23-9-11-24(12-10-23)18(15-5-7-16(26-2)8-6-15)19-20-21-22-25(19)14-17-4-3-13-27-17/h3-8,13,18H,9-12,14H2,1-2H3. The lowest BCUT2D eigenvalue weighted by molar-refractivity contribution is 0.121. The third-order valence-corrected chi connectivity index (χ3v) is 5.02. The fraction of sp³-hybridized carbons (Fsp3) is 0.421. The first-order valence-corrected chi connectivity index (χ1v) is 9.09. The Bertz CT molecular complexity index is 837. The third-order valence-electron chi connectivity index (χ3n) is 5.02. The summed E-state index contributed by atoms with van der Waals surface area (Å²) >= 11 is 0. The van der Waals surface area contributed by atoms with E-state index in [4.69, 9.17) is 9.15 Å². The molecule has 1 aliphatic heterocycles. The zero-order chi connectivity index (χ0) is 18.6. The molecule has 0 aliphatic carbocycles. The second-order valence-corrected chi connectivity index (χ2v) is 6.79. The van der Waals surface area contributed by atoms with Crippen molar-refractivity contribution >= 4 is 0 Å². The highest BCUT2D eigenvalue weighted by atomic mass is 16.5. The van der Waals surface area contributed by atoms with Crippen molar-refractivity contribution in [2.24, 2.45) is 0 Å². The minimum absolute atomic E-state index is 0.0189. The fourth-order valence-electron chi connectivity index (χ4n) is 3.46. The number of furan rings is 1. The number of hydrogen-bond acceptors (Lipinski definition) is 7. The molecule has 0 amide bonds. The average molecular weight is 368 g/mol. The quantitative estimate of drug-likeness (QED) is 0.655. The van der Waals surface area contributed by atoms with Crippen molar-refractivity contribution in [2.45, 2.75) is 12.6 Å². The molecule has 1 aliphatic rings. The SMILES string of the molecule is COc1ccc(C(c2nnnn2Cc2ccco2)N2CCN(C)CC2)cc1. The zero-order valence-electron chi connectivity index (χ0n) is 15.7. The average Bonchev–Trinajstić information content (AvgIpc) is 3.37. The molecule has 1 aromatic carbocycles. The molecule has 27 heavy (non-hydrogen) atoms. The topological polar surface area (TPSA) is 72.4 Å². The van der Waals surface area contributed by atoms with Crippen LogP contribution in [0.2, 0.25) is 0 Å². The lowest BCUT2D eigenvalue weighted by Crippen LogP contribution is -2.46. The van der Waals surface area contributed by atoms with E-state index in [2.05, 4.69) is 44.5 Å². The number of ether oxygens (including phenoxy) is 1. The Morgan fingerprint density at radius 1 is 1.11 bits per heavy atom. The van der Waals surface area contributed by atoms with Gasteiger partial charge < -0.3 is 14.1 Å². The molecule has 1 saturated heterocycles. The van der Waals surface area contributed by atoms with Crippen LogP contribution in [0.15, 0.2) is 47.1 Å². The largest absolute Gasteiger partial charge is 0.497 e. The fourth-order valence-corrected chi connectivity index (χ4v) is 3.46. The number of methoxy groups -OCH3 is 1. The number of tetrazole rings is 1. The number of piperazine rings is 1. The van der Waals surface area contributed by atoms with Gasteiger partial charge in [0.15, 0.2) is 5.82 Å². The summed E-state index contributed by atoms with van der Waals surface area (Å²) in [5.41, 5.74) is 1.15. The number of hydrogen-bond donors (Lipinski definition) is 0. The van der Waals surface area contributed by atoms with Crippen molar-refractivity contribution in [3.05, 3.63) is 59.8 Å². The second-order valence-electron chi connectivity index (χ2n) is 6.79. The summed E-state index contributed by atoms with van der Waals surface area (Å²) in [6, 6.07) is 11.9. The van der Waals surface area contributed by atoms with Crippen molar-refractivity contribution < 1.29 is 9.15 Å². The van der Waals surface area contributed by atoms with Crippen LogP contribution in [0, 0.1) is 0 Å². The Labute approximate surface area is 158 Å². The number of aromatic nitrogens is 4. The highest BCUT2D eigenvalue weighted by Gasteiger charge is 2.30. The predicted octanol–water partition coefficient (Wildman–Crippen LogP) is 1.66. The minimum Gasteiger partial charge on any atom is -0.497 e. The molecule has 0 spiro atoms. The zero-order valence-corrected chi connectivity index (χ0v) is 15.7. The second kappa shape index (κ2) is 7.89. The number of nitrogens with zero attached hydrogens (tertiary/aromatic N) is 6. The number of likely N-dealkylation sites (N-methyl/N-ethyl adjacent to an activating group) is 1. The Morgan fingerprint density at radius 3 is 2.56 bits per heavy atom. The van der Waals surface area contributed by atoms with Crippen LogP contribution in [0.25, 0.3) is 0 Å². The van der Waals surface area contributed by atoms with E-state index in [0.717, 1.165) is 49.1 Å². The molecule has 4 rings (SSSR count). The number of benzene rings is 1. The van der Waals surface area contributed by atoms with Crippen molar-refractivity contribution in [1.82, 2.24) is 30.0 Å². The molecule has 0 radical (unpaired) electrons. The Kier molecular flexibility index (Phi) is 5.17. The van der Waals surface area contributed by atoms with Crippen LogP contribution in [0.1, 0.15) is 23.2 Å². The molecular formula is C19H24N6O2. The summed E-state index contributed by atoms with van der Waals surface area (Å²) in [4.78, 5) is 4.78. The summed E-state index contributed by atoms with van der Waals surface area (Å²) in [5, 5.41) is 12.6. The van der Waals surface area contributed by atoms with Gasteiger partial charge in [0.05, 0.1) is 19.4 Å². The monoisotopic (exact) mass is 368 g/mol. The Balaban J connectivity index is 1.68. The summed E-state index contributed by atoms with van der Waals surface area (Å²) in [7, 11) is 3.83. The van der Waals surface area contributed by atoms with Gasteiger partial charge >= 0.3 is 0 Å². The van der Waals surface area contributed by atoms with Crippen molar-refractivity contribution in [2.75, 3.05) is 40.3 Å². The van der Waals surface area contributed by atoms with E-state index in [0.29, 0.717) is 6.54 Å². The minimum atomic E-state index is -0.0189. The molecule has 1 atom stereocenters. The van der Waals surface area contributed by atoms with Crippen LogP contribution < -0.4 is 4.74 Å². The van der Waals surface area contributed by atoms with Crippen molar-refractivity contribution in [3.8, 4) is 5.75 Å². The molecule has 2 aromatic heterocycles. The first-order chi connectivity index (χ1) is 13.2. The van der Waals surface area contributed by atoms with Crippen molar-refractivity contribution in [3.63, 3.8) is 0 Å². The van der Waals surface area contributed by atoms with Gasteiger partial charge in [-0.15, -0.1) is 5.10 Å². The van der Waals surface area contributed by atoms with Crippen LogP contribution in [0.5, 0.6) is 5.75 Å². The van der Waals surface area contributed by atoms with Gasteiger partial charge in [0, 0.05) is 26.2 Å². The maximum absolute atomic E-state index is 5.48. The van der Waals surface area contributed by atoms with Crippen LogP contribution in [0.3, 0.4) is 0 Å². The highest BCUT2D eigenvalue weighted by molar-refractivity contribution is 5.32. The molecule has 0 N–H and O–H groups in total. The molecule has 142 valence electrons. The van der Waals surface area contributed by atoms with E-state index >= 15 is 0 Å². The summed E-state index contributed by atoms with van der Waals surface area (Å²) < 4.78 is 12.6. The summed E-state index contributed by atoms with van der Waals surface area (Å²) in [5.74, 6) is 2.49. The summed E-state index contributed by atoms with van der Waals surface area (Å²) in [6.45, 7) is 4.47. The van der Waals surface area contributed by atoms with E-state index in [9.17, 15) is 0 Å². The van der Waals surface area contributed by atoms with Gasteiger partial charge in [-0.25, -0.2) is 4.68 Å². The van der Waals surface area contributed by atoms with Gasteiger partial charge in [0.2, 0.25) is 0 Å². The van der Waals surface area contributed by atoms with Gasteiger partial charge in [0.1, 0.15) is 18.1 Å². The van der Waals surface area contributed by atoms with Gasteiger partial charge in [-0.2, -0.15) is 0 Å². The molecule has 8 heteroatoms. The van der Waals surface area contributed by atoms with Crippen LogP contribution in [-0.2, 0) is 6.54 Å². The maximum atomic E-state index is 5.48. The maximum Gasteiger partial charge on any atom is 0.173 e. The highest BCUT2D eigenvalue weighted by Crippen LogP contribution is 2.29. The van der Waals surface area contributed by atoms with Crippen molar-refractivity contribution in [1.29, 1.82) is 0 Å². The Morgan fingerprint density at radius 2 is 1.89 bits per heavy atom. The molecule has 3 aromatic rings. The smallest absolute Gasteiger partial charge is 0.173 e. The summed E-state index contributed by atoms with van der Waals surface area (Å²) in [6.07, 6.45) is 1.67. The van der Waals surface area contributed by atoms with E-state index in [1.807, 2.05) is 28.9 Å². The van der Waals surface area contributed by atoms with Gasteiger partial charge in [-0.1, -0.05) is 12.1 Å².